The number of aryl methyl sites for hydroxylation is 2. The summed E-state index contributed by atoms with van der Waals surface area (Å²) in [6.07, 6.45) is 13.1. The molecule has 1 aromatic rings. The molecule has 4 nitrogen and oxygen atoms in total. The van der Waals surface area contributed by atoms with Crippen molar-refractivity contribution in [2.45, 2.75) is 64.5 Å². The van der Waals surface area contributed by atoms with Crippen LogP contribution in [-0.4, -0.2) is 45.3 Å². The largest absolute Gasteiger partial charge is 0.395 e. The molecule has 1 N–H and O–H groups in total. The number of nitrogens with zero attached hydrogens (tertiary/aromatic N) is 3. The first-order chi connectivity index (χ1) is 9.81. The van der Waals surface area contributed by atoms with E-state index < -0.39 is 0 Å². The van der Waals surface area contributed by atoms with Crippen molar-refractivity contribution < 1.29 is 5.11 Å². The molecule has 1 aromatic heterocycles. The Morgan fingerprint density at radius 2 is 2.05 bits per heavy atom. The van der Waals surface area contributed by atoms with Crippen LogP contribution in [0.1, 0.15) is 50.8 Å². The van der Waals surface area contributed by atoms with Crippen molar-refractivity contribution in [2.24, 2.45) is 0 Å². The van der Waals surface area contributed by atoms with Crippen LogP contribution in [0.15, 0.2) is 12.4 Å². The first-order valence-corrected chi connectivity index (χ1v) is 8.14. The summed E-state index contributed by atoms with van der Waals surface area (Å²) in [6, 6.07) is 0.714. The van der Waals surface area contributed by atoms with Gasteiger partial charge in [0.2, 0.25) is 0 Å². The fourth-order valence-corrected chi connectivity index (χ4v) is 3.29. The van der Waals surface area contributed by atoms with Gasteiger partial charge >= 0.3 is 0 Å². The zero-order chi connectivity index (χ0) is 14.2. The second-order valence-electron chi connectivity index (χ2n) is 5.93. The lowest BCUT2D eigenvalue weighted by Crippen LogP contribution is -2.39. The molecule has 0 saturated heterocycles. The normalized spacial score (nSPS) is 16.9. The Morgan fingerprint density at radius 1 is 1.25 bits per heavy atom. The van der Waals surface area contributed by atoms with Gasteiger partial charge in [0.1, 0.15) is 5.82 Å². The third-order valence-electron chi connectivity index (χ3n) is 4.50. The fraction of sp³-hybridized carbons (Fsp3) is 0.812. The Morgan fingerprint density at radius 3 is 2.70 bits per heavy atom. The molecule has 2 rings (SSSR count). The fourth-order valence-electron chi connectivity index (χ4n) is 3.29. The molecule has 0 spiro atoms. The van der Waals surface area contributed by atoms with E-state index in [-0.39, 0.29) is 6.61 Å². The maximum Gasteiger partial charge on any atom is 0.105 e. The van der Waals surface area contributed by atoms with Crippen LogP contribution in [0.5, 0.6) is 0 Å². The van der Waals surface area contributed by atoms with Crippen molar-refractivity contribution in [3.05, 3.63) is 18.2 Å². The maximum absolute atomic E-state index is 9.26. The van der Waals surface area contributed by atoms with E-state index in [1.807, 2.05) is 6.20 Å². The minimum Gasteiger partial charge on any atom is -0.395 e. The Hall–Kier alpha value is -0.870. The standard InChI is InChI=1S/C16H29N3O/c1-15-17-9-12-18(15)10-5-6-11-19(13-14-20)16-7-3-2-4-8-16/h9,12,16,20H,2-8,10-11,13-14H2,1H3. The highest BCUT2D eigenvalue weighted by Crippen LogP contribution is 2.22. The number of rotatable bonds is 8. The third-order valence-corrected chi connectivity index (χ3v) is 4.50. The van der Waals surface area contributed by atoms with Gasteiger partial charge in [0.25, 0.3) is 0 Å². The Labute approximate surface area is 122 Å². The second-order valence-corrected chi connectivity index (χ2v) is 5.93. The molecule has 114 valence electrons. The monoisotopic (exact) mass is 279 g/mol. The molecule has 0 aliphatic heterocycles. The van der Waals surface area contributed by atoms with E-state index in [2.05, 4.69) is 27.6 Å². The average Bonchev–Trinajstić information content (AvgIpc) is 2.89. The van der Waals surface area contributed by atoms with Crippen molar-refractivity contribution in [2.75, 3.05) is 19.7 Å². The molecule has 1 heterocycles. The van der Waals surface area contributed by atoms with Crippen LogP contribution in [0.4, 0.5) is 0 Å². The number of aliphatic hydroxyl groups is 1. The summed E-state index contributed by atoms with van der Waals surface area (Å²) >= 11 is 0. The number of aliphatic hydroxyl groups excluding tert-OH is 1. The van der Waals surface area contributed by atoms with Crippen molar-refractivity contribution in [3.8, 4) is 0 Å². The molecule has 1 aliphatic rings. The summed E-state index contributed by atoms with van der Waals surface area (Å²) in [6.45, 7) is 5.37. The van der Waals surface area contributed by atoms with E-state index in [0.29, 0.717) is 6.04 Å². The van der Waals surface area contributed by atoms with Crippen LogP contribution in [0.25, 0.3) is 0 Å². The summed E-state index contributed by atoms with van der Waals surface area (Å²) in [5.74, 6) is 1.10. The minimum absolute atomic E-state index is 0.289. The third kappa shape index (κ3) is 4.60. The smallest absolute Gasteiger partial charge is 0.105 e. The van der Waals surface area contributed by atoms with Crippen LogP contribution in [0, 0.1) is 6.92 Å². The topological polar surface area (TPSA) is 41.3 Å². The molecule has 0 radical (unpaired) electrons. The number of unbranched alkanes of at least 4 members (excludes halogenated alkanes) is 1. The molecule has 0 aromatic carbocycles. The molecule has 0 amide bonds. The van der Waals surface area contributed by atoms with Gasteiger partial charge in [-0.3, -0.25) is 4.90 Å². The predicted molar refractivity (Wildman–Crippen MR) is 81.7 cm³/mol. The summed E-state index contributed by atoms with van der Waals surface area (Å²) < 4.78 is 2.22. The van der Waals surface area contributed by atoms with E-state index in [4.69, 9.17) is 0 Å². The van der Waals surface area contributed by atoms with E-state index in [1.54, 1.807) is 0 Å². The Kier molecular flexibility index (Phi) is 6.54. The SMILES string of the molecule is Cc1nccn1CCCCN(CCO)C1CCCCC1. The molecular formula is C16H29N3O. The number of hydrogen-bond donors (Lipinski definition) is 1. The van der Waals surface area contributed by atoms with E-state index in [0.717, 1.165) is 25.5 Å². The second kappa shape index (κ2) is 8.42. The van der Waals surface area contributed by atoms with E-state index in [9.17, 15) is 5.11 Å². The van der Waals surface area contributed by atoms with Crippen LogP contribution >= 0.6 is 0 Å². The van der Waals surface area contributed by atoms with Crippen LogP contribution in [0.3, 0.4) is 0 Å². The van der Waals surface area contributed by atoms with Crippen molar-refractivity contribution in [3.63, 3.8) is 0 Å². The lowest BCUT2D eigenvalue weighted by atomic mass is 9.94. The molecule has 0 unspecified atom stereocenters. The van der Waals surface area contributed by atoms with Crippen molar-refractivity contribution in [1.29, 1.82) is 0 Å². The quantitative estimate of drug-likeness (QED) is 0.744. The first-order valence-electron chi connectivity index (χ1n) is 8.14. The van der Waals surface area contributed by atoms with E-state index in [1.165, 1.54) is 44.9 Å². The zero-order valence-electron chi connectivity index (χ0n) is 12.8. The summed E-state index contributed by atoms with van der Waals surface area (Å²) in [5.41, 5.74) is 0. The Balaban J connectivity index is 1.70. The molecule has 1 fully saturated rings. The van der Waals surface area contributed by atoms with Gasteiger partial charge in [-0.1, -0.05) is 19.3 Å². The Bertz CT molecular complexity index is 372. The predicted octanol–water partition coefficient (Wildman–Crippen LogP) is 2.60. The van der Waals surface area contributed by atoms with Gasteiger partial charge in [-0.15, -0.1) is 0 Å². The summed E-state index contributed by atoms with van der Waals surface area (Å²) in [5, 5.41) is 9.26. The molecule has 4 heteroatoms. The molecular weight excluding hydrogens is 250 g/mol. The molecule has 0 atom stereocenters. The zero-order valence-corrected chi connectivity index (χ0v) is 12.8. The number of hydrogen-bond acceptors (Lipinski definition) is 3. The molecule has 1 aliphatic carbocycles. The van der Waals surface area contributed by atoms with Crippen molar-refractivity contribution in [1.82, 2.24) is 14.5 Å². The van der Waals surface area contributed by atoms with Crippen molar-refractivity contribution >= 4 is 0 Å². The van der Waals surface area contributed by atoms with Gasteiger partial charge in [0.05, 0.1) is 6.61 Å². The highest BCUT2D eigenvalue weighted by Gasteiger charge is 2.19. The number of aromatic nitrogens is 2. The summed E-state index contributed by atoms with van der Waals surface area (Å²) in [4.78, 5) is 6.77. The minimum atomic E-state index is 0.289. The van der Waals surface area contributed by atoms with Gasteiger partial charge in [-0.2, -0.15) is 0 Å². The van der Waals surface area contributed by atoms with Gasteiger partial charge in [-0.25, -0.2) is 4.98 Å². The van der Waals surface area contributed by atoms with Crippen LogP contribution in [-0.2, 0) is 6.54 Å². The van der Waals surface area contributed by atoms with Gasteiger partial charge < -0.3 is 9.67 Å². The number of imidazole rings is 1. The lowest BCUT2D eigenvalue weighted by molar-refractivity contribution is 0.121. The highest BCUT2D eigenvalue weighted by atomic mass is 16.3. The van der Waals surface area contributed by atoms with Gasteiger partial charge in [0, 0.05) is 31.5 Å². The summed E-state index contributed by atoms with van der Waals surface area (Å²) in [7, 11) is 0. The van der Waals surface area contributed by atoms with Crippen LogP contribution in [0.2, 0.25) is 0 Å². The molecule has 20 heavy (non-hydrogen) atoms. The molecule has 1 saturated carbocycles. The van der Waals surface area contributed by atoms with Gasteiger partial charge in [0.15, 0.2) is 0 Å². The maximum atomic E-state index is 9.26. The highest BCUT2D eigenvalue weighted by molar-refractivity contribution is 4.88. The molecule has 0 bridgehead atoms. The first kappa shape index (κ1) is 15.5. The van der Waals surface area contributed by atoms with Gasteiger partial charge in [-0.05, 0) is 39.2 Å². The van der Waals surface area contributed by atoms with Crippen LogP contribution < -0.4 is 0 Å². The van der Waals surface area contributed by atoms with E-state index >= 15 is 0 Å². The lowest BCUT2D eigenvalue weighted by Gasteiger charge is -2.34. The average molecular weight is 279 g/mol.